The molecular formula is C18H18ClF3N4O2. The first kappa shape index (κ1) is 20.2. The Labute approximate surface area is 164 Å². The summed E-state index contributed by atoms with van der Waals surface area (Å²) in [5.41, 5.74) is 0.493. The first-order valence-corrected chi connectivity index (χ1v) is 9.02. The van der Waals surface area contributed by atoms with Crippen LogP contribution >= 0.6 is 11.6 Å². The summed E-state index contributed by atoms with van der Waals surface area (Å²) in [4.78, 5) is 14.5. The van der Waals surface area contributed by atoms with Crippen molar-refractivity contribution in [3.63, 3.8) is 0 Å². The van der Waals surface area contributed by atoms with E-state index >= 15 is 0 Å². The Morgan fingerprint density at radius 3 is 2.61 bits per heavy atom. The molecule has 1 saturated heterocycles. The van der Waals surface area contributed by atoms with Crippen molar-refractivity contribution in [3.8, 4) is 5.75 Å². The van der Waals surface area contributed by atoms with Gasteiger partial charge in [-0.05, 0) is 49.2 Å². The van der Waals surface area contributed by atoms with Crippen molar-refractivity contribution < 1.29 is 22.7 Å². The highest BCUT2D eigenvalue weighted by Crippen LogP contribution is 2.24. The summed E-state index contributed by atoms with van der Waals surface area (Å²) in [5.74, 6) is 0.344. The fourth-order valence-electron chi connectivity index (χ4n) is 2.92. The number of ether oxygens (including phenoxy) is 1. The molecule has 1 atom stereocenters. The number of aromatic nitrogens is 2. The molecule has 0 spiro atoms. The molecule has 6 nitrogen and oxygen atoms in total. The Morgan fingerprint density at radius 2 is 1.96 bits per heavy atom. The third-order valence-corrected chi connectivity index (χ3v) is 4.46. The molecule has 1 aromatic heterocycles. The topological polar surface area (TPSA) is 67.3 Å². The minimum absolute atomic E-state index is 0.0838. The Morgan fingerprint density at radius 1 is 1.21 bits per heavy atom. The summed E-state index contributed by atoms with van der Waals surface area (Å²) in [7, 11) is 0. The van der Waals surface area contributed by atoms with Crippen LogP contribution in [0, 0.1) is 5.92 Å². The van der Waals surface area contributed by atoms with E-state index in [2.05, 4.69) is 20.3 Å². The van der Waals surface area contributed by atoms with E-state index in [1.807, 2.05) is 4.90 Å². The van der Waals surface area contributed by atoms with Crippen LogP contribution in [-0.4, -0.2) is 42.0 Å². The lowest BCUT2D eigenvalue weighted by Crippen LogP contribution is -2.41. The zero-order valence-electron chi connectivity index (χ0n) is 14.7. The third-order valence-electron chi connectivity index (χ3n) is 4.26. The van der Waals surface area contributed by atoms with E-state index in [0.29, 0.717) is 23.2 Å². The number of halogens is 4. The fourth-order valence-corrected chi connectivity index (χ4v) is 3.02. The van der Waals surface area contributed by atoms with Crippen molar-refractivity contribution in [2.45, 2.75) is 19.0 Å². The van der Waals surface area contributed by atoms with Gasteiger partial charge in [0.05, 0.1) is 5.92 Å². The largest absolute Gasteiger partial charge is 0.484 e. The Bertz CT molecular complexity index is 800. The Kier molecular flexibility index (Phi) is 6.23. The van der Waals surface area contributed by atoms with E-state index in [-0.39, 0.29) is 17.6 Å². The highest BCUT2D eigenvalue weighted by molar-refractivity contribution is 6.29. The SMILES string of the molecule is O=C(Nc1ccc(OCC(F)(F)F)cc1)C1CCCN(c2ccc(Cl)nn2)C1. The number of anilines is 2. The molecule has 10 heteroatoms. The molecule has 28 heavy (non-hydrogen) atoms. The molecule has 1 aliphatic heterocycles. The average Bonchev–Trinajstić information content (AvgIpc) is 2.67. The molecule has 0 bridgehead atoms. The van der Waals surface area contributed by atoms with Crippen LogP contribution in [0.4, 0.5) is 24.7 Å². The monoisotopic (exact) mass is 414 g/mol. The van der Waals surface area contributed by atoms with Gasteiger partial charge in [-0.3, -0.25) is 4.79 Å². The van der Waals surface area contributed by atoms with E-state index in [4.69, 9.17) is 11.6 Å². The molecule has 0 radical (unpaired) electrons. The number of carbonyl (C=O) groups is 1. The van der Waals surface area contributed by atoms with E-state index in [1.54, 1.807) is 12.1 Å². The van der Waals surface area contributed by atoms with Gasteiger partial charge in [0, 0.05) is 18.8 Å². The van der Waals surface area contributed by atoms with Gasteiger partial charge in [0.25, 0.3) is 0 Å². The quantitative estimate of drug-likeness (QED) is 0.803. The van der Waals surface area contributed by atoms with Crippen LogP contribution in [0.2, 0.25) is 5.15 Å². The normalized spacial score (nSPS) is 17.3. The van der Waals surface area contributed by atoms with Crippen LogP contribution in [-0.2, 0) is 4.79 Å². The second kappa shape index (κ2) is 8.64. The van der Waals surface area contributed by atoms with Crippen molar-refractivity contribution in [1.29, 1.82) is 0 Å². The predicted octanol–water partition coefficient (Wildman–Crippen LogP) is 3.93. The van der Waals surface area contributed by atoms with Crippen LogP contribution in [0.5, 0.6) is 5.75 Å². The van der Waals surface area contributed by atoms with Crippen molar-refractivity contribution in [1.82, 2.24) is 10.2 Å². The highest BCUT2D eigenvalue weighted by Gasteiger charge is 2.29. The standard InChI is InChI=1S/C18H18ClF3N4O2/c19-15-7-8-16(25-24-15)26-9-1-2-12(10-26)17(27)23-13-3-5-14(6-4-13)28-11-18(20,21)22/h3-8,12H,1-2,9-11H2,(H,23,27). The van der Waals surface area contributed by atoms with Gasteiger partial charge in [0.1, 0.15) is 5.75 Å². The lowest BCUT2D eigenvalue weighted by atomic mass is 9.97. The minimum Gasteiger partial charge on any atom is -0.484 e. The molecule has 2 aromatic rings. The van der Waals surface area contributed by atoms with Gasteiger partial charge >= 0.3 is 6.18 Å². The van der Waals surface area contributed by atoms with Crippen LogP contribution in [0.1, 0.15) is 12.8 Å². The van der Waals surface area contributed by atoms with Gasteiger partial charge in [0.15, 0.2) is 17.6 Å². The van der Waals surface area contributed by atoms with E-state index in [1.165, 1.54) is 24.3 Å². The van der Waals surface area contributed by atoms with Crippen LogP contribution < -0.4 is 15.0 Å². The maximum atomic E-state index is 12.6. The number of nitrogens with one attached hydrogen (secondary N) is 1. The van der Waals surface area contributed by atoms with E-state index < -0.39 is 12.8 Å². The zero-order valence-corrected chi connectivity index (χ0v) is 15.5. The molecule has 2 heterocycles. The average molecular weight is 415 g/mol. The van der Waals surface area contributed by atoms with Gasteiger partial charge in [-0.1, -0.05) is 11.6 Å². The van der Waals surface area contributed by atoms with Gasteiger partial charge in [-0.25, -0.2) is 0 Å². The number of carbonyl (C=O) groups excluding carboxylic acids is 1. The third kappa shape index (κ3) is 5.72. The number of amides is 1. The van der Waals surface area contributed by atoms with E-state index in [0.717, 1.165) is 19.4 Å². The number of piperidine rings is 1. The summed E-state index contributed by atoms with van der Waals surface area (Å²) < 4.78 is 41.2. The summed E-state index contributed by atoms with van der Waals surface area (Å²) in [6.07, 6.45) is -2.84. The molecular weight excluding hydrogens is 397 g/mol. The maximum absolute atomic E-state index is 12.6. The van der Waals surface area contributed by atoms with Crippen LogP contribution in [0.3, 0.4) is 0 Å². The Balaban J connectivity index is 1.55. The van der Waals surface area contributed by atoms with Gasteiger partial charge in [0.2, 0.25) is 5.91 Å². The fraction of sp³-hybridized carbons (Fsp3) is 0.389. The molecule has 0 aliphatic carbocycles. The minimum atomic E-state index is -4.39. The second-order valence-corrected chi connectivity index (χ2v) is 6.80. The molecule has 150 valence electrons. The summed E-state index contributed by atoms with van der Waals surface area (Å²) in [5, 5.41) is 11.0. The number of hydrogen-bond acceptors (Lipinski definition) is 5. The first-order chi connectivity index (χ1) is 13.3. The molecule has 1 fully saturated rings. The lowest BCUT2D eigenvalue weighted by molar-refractivity contribution is -0.153. The second-order valence-electron chi connectivity index (χ2n) is 6.42. The smallest absolute Gasteiger partial charge is 0.422 e. The van der Waals surface area contributed by atoms with Gasteiger partial charge in [-0.2, -0.15) is 13.2 Å². The molecule has 1 amide bonds. The lowest BCUT2D eigenvalue weighted by Gasteiger charge is -2.32. The number of hydrogen-bond donors (Lipinski definition) is 1. The van der Waals surface area contributed by atoms with Gasteiger partial charge in [-0.15, -0.1) is 10.2 Å². The van der Waals surface area contributed by atoms with Crippen molar-refractivity contribution in [2.24, 2.45) is 5.92 Å². The van der Waals surface area contributed by atoms with Crippen molar-refractivity contribution in [2.75, 3.05) is 29.9 Å². The molecule has 3 rings (SSSR count). The first-order valence-electron chi connectivity index (χ1n) is 8.65. The molecule has 1 aliphatic rings. The van der Waals surface area contributed by atoms with Crippen molar-refractivity contribution in [3.05, 3.63) is 41.6 Å². The highest BCUT2D eigenvalue weighted by atomic mass is 35.5. The number of alkyl halides is 3. The molecule has 0 saturated carbocycles. The number of rotatable bonds is 5. The van der Waals surface area contributed by atoms with E-state index in [9.17, 15) is 18.0 Å². The summed E-state index contributed by atoms with van der Waals surface area (Å²) >= 11 is 5.75. The predicted molar refractivity (Wildman–Crippen MR) is 98.6 cm³/mol. The number of benzene rings is 1. The van der Waals surface area contributed by atoms with Gasteiger partial charge < -0.3 is 15.0 Å². The molecule has 1 aromatic carbocycles. The molecule has 1 N–H and O–H groups in total. The summed E-state index contributed by atoms with van der Waals surface area (Å²) in [6, 6.07) is 9.20. The maximum Gasteiger partial charge on any atom is 0.422 e. The summed E-state index contributed by atoms with van der Waals surface area (Å²) in [6.45, 7) is -0.0928. The van der Waals surface area contributed by atoms with Crippen molar-refractivity contribution >= 4 is 29.0 Å². The zero-order chi connectivity index (χ0) is 20.1. The van der Waals surface area contributed by atoms with Crippen LogP contribution in [0.25, 0.3) is 0 Å². The Hall–Kier alpha value is -2.55. The number of nitrogens with zero attached hydrogens (tertiary/aromatic N) is 3. The van der Waals surface area contributed by atoms with Crippen LogP contribution in [0.15, 0.2) is 36.4 Å². The molecule has 1 unspecified atom stereocenters.